The fourth-order valence-electron chi connectivity index (χ4n) is 0.866. The highest BCUT2D eigenvalue weighted by Crippen LogP contribution is 1.90. The lowest BCUT2D eigenvalue weighted by atomic mass is 10.2. The van der Waals surface area contributed by atoms with Crippen molar-refractivity contribution in [1.29, 1.82) is 0 Å². The van der Waals surface area contributed by atoms with E-state index in [0.29, 0.717) is 26.1 Å². The van der Waals surface area contributed by atoms with Crippen LogP contribution in [0.15, 0.2) is 0 Å². The molecule has 14 heavy (non-hydrogen) atoms. The van der Waals surface area contributed by atoms with Gasteiger partial charge >= 0.3 is 0 Å². The SMILES string of the molecule is CCNC(=O)CCNC(=O)C(C)CN. The van der Waals surface area contributed by atoms with Crippen LogP contribution in [0.3, 0.4) is 0 Å². The standard InChI is InChI=1S/C9H19N3O2/c1-3-11-8(13)4-5-12-9(14)7(2)6-10/h7H,3-6,10H2,1-2H3,(H,11,13)(H,12,14). The van der Waals surface area contributed by atoms with Gasteiger partial charge in [0.15, 0.2) is 0 Å². The highest BCUT2D eigenvalue weighted by atomic mass is 16.2. The van der Waals surface area contributed by atoms with Crippen molar-refractivity contribution in [3.05, 3.63) is 0 Å². The van der Waals surface area contributed by atoms with Crippen molar-refractivity contribution in [2.24, 2.45) is 11.7 Å². The minimum absolute atomic E-state index is 0.0480. The van der Waals surface area contributed by atoms with Crippen molar-refractivity contribution in [2.75, 3.05) is 19.6 Å². The molecule has 82 valence electrons. The summed E-state index contributed by atoms with van der Waals surface area (Å²) in [7, 11) is 0. The number of rotatable bonds is 6. The molecule has 0 heterocycles. The van der Waals surface area contributed by atoms with Crippen LogP contribution in [0, 0.1) is 5.92 Å². The molecule has 2 amide bonds. The Balaban J connectivity index is 3.54. The Bertz CT molecular complexity index is 194. The molecular formula is C9H19N3O2. The Hall–Kier alpha value is -1.10. The first-order valence-electron chi connectivity index (χ1n) is 4.86. The van der Waals surface area contributed by atoms with Gasteiger partial charge in [0.05, 0.1) is 0 Å². The molecule has 0 aromatic carbocycles. The summed E-state index contributed by atoms with van der Waals surface area (Å²) < 4.78 is 0. The number of hydrogen-bond acceptors (Lipinski definition) is 3. The van der Waals surface area contributed by atoms with Gasteiger partial charge in [0.1, 0.15) is 0 Å². The summed E-state index contributed by atoms with van der Waals surface area (Å²) in [6.45, 7) is 4.92. The monoisotopic (exact) mass is 201 g/mol. The van der Waals surface area contributed by atoms with Crippen LogP contribution >= 0.6 is 0 Å². The quantitative estimate of drug-likeness (QED) is 0.527. The van der Waals surface area contributed by atoms with Crippen molar-refractivity contribution in [3.8, 4) is 0 Å². The molecule has 0 aliphatic carbocycles. The second kappa shape index (κ2) is 7.32. The second-order valence-corrected chi connectivity index (χ2v) is 3.13. The van der Waals surface area contributed by atoms with Crippen molar-refractivity contribution in [2.45, 2.75) is 20.3 Å². The Morgan fingerprint density at radius 3 is 2.50 bits per heavy atom. The normalized spacial score (nSPS) is 11.9. The third-order valence-corrected chi connectivity index (χ3v) is 1.83. The average Bonchev–Trinajstić information content (AvgIpc) is 2.16. The highest BCUT2D eigenvalue weighted by molar-refractivity contribution is 5.80. The Morgan fingerprint density at radius 1 is 1.36 bits per heavy atom. The summed E-state index contributed by atoms with van der Waals surface area (Å²) >= 11 is 0. The van der Waals surface area contributed by atoms with E-state index in [2.05, 4.69) is 10.6 Å². The van der Waals surface area contributed by atoms with E-state index in [1.54, 1.807) is 6.92 Å². The third kappa shape index (κ3) is 5.53. The summed E-state index contributed by atoms with van der Waals surface area (Å²) in [6, 6.07) is 0. The molecule has 0 aliphatic heterocycles. The molecule has 0 bridgehead atoms. The van der Waals surface area contributed by atoms with E-state index in [1.807, 2.05) is 6.92 Å². The maximum absolute atomic E-state index is 11.2. The van der Waals surface area contributed by atoms with Gasteiger partial charge in [-0.15, -0.1) is 0 Å². The fourth-order valence-corrected chi connectivity index (χ4v) is 0.866. The molecular weight excluding hydrogens is 182 g/mol. The molecule has 5 nitrogen and oxygen atoms in total. The van der Waals surface area contributed by atoms with Crippen molar-refractivity contribution in [1.82, 2.24) is 10.6 Å². The predicted molar refractivity (Wildman–Crippen MR) is 54.5 cm³/mol. The van der Waals surface area contributed by atoms with E-state index in [0.717, 1.165) is 0 Å². The third-order valence-electron chi connectivity index (χ3n) is 1.83. The van der Waals surface area contributed by atoms with Crippen LogP contribution in [0.25, 0.3) is 0 Å². The lowest BCUT2D eigenvalue weighted by Gasteiger charge is -2.09. The van der Waals surface area contributed by atoms with Gasteiger partial charge in [-0.25, -0.2) is 0 Å². The lowest BCUT2D eigenvalue weighted by molar-refractivity contribution is -0.124. The van der Waals surface area contributed by atoms with Crippen molar-refractivity contribution >= 4 is 11.8 Å². The molecule has 0 saturated heterocycles. The number of amides is 2. The summed E-state index contributed by atoms with van der Waals surface area (Å²) in [6.07, 6.45) is 0.316. The van der Waals surface area contributed by atoms with Gasteiger partial charge in [0.2, 0.25) is 11.8 Å². The number of nitrogens with two attached hydrogens (primary N) is 1. The summed E-state index contributed by atoms with van der Waals surface area (Å²) in [5.41, 5.74) is 5.31. The predicted octanol–water partition coefficient (Wildman–Crippen LogP) is -0.776. The smallest absolute Gasteiger partial charge is 0.224 e. The number of hydrogen-bond donors (Lipinski definition) is 3. The molecule has 5 heteroatoms. The summed E-state index contributed by atoms with van der Waals surface area (Å²) in [5, 5.41) is 5.29. The maximum atomic E-state index is 11.2. The minimum Gasteiger partial charge on any atom is -0.356 e. The molecule has 1 unspecified atom stereocenters. The van der Waals surface area contributed by atoms with Crippen LogP contribution in [0.5, 0.6) is 0 Å². The van der Waals surface area contributed by atoms with Crippen LogP contribution in [0.4, 0.5) is 0 Å². The molecule has 0 spiro atoms. The number of carbonyl (C=O) groups is 2. The lowest BCUT2D eigenvalue weighted by Crippen LogP contribution is -2.36. The first-order valence-corrected chi connectivity index (χ1v) is 4.86. The van der Waals surface area contributed by atoms with Crippen LogP contribution in [-0.4, -0.2) is 31.4 Å². The second-order valence-electron chi connectivity index (χ2n) is 3.13. The molecule has 0 aromatic rings. The zero-order chi connectivity index (χ0) is 11.0. The van der Waals surface area contributed by atoms with E-state index < -0.39 is 0 Å². The molecule has 0 fully saturated rings. The highest BCUT2D eigenvalue weighted by Gasteiger charge is 2.09. The zero-order valence-corrected chi connectivity index (χ0v) is 8.80. The first-order chi connectivity index (χ1) is 6.61. The fraction of sp³-hybridized carbons (Fsp3) is 0.778. The molecule has 1 atom stereocenters. The number of carbonyl (C=O) groups excluding carboxylic acids is 2. The van der Waals surface area contributed by atoms with Gasteiger partial charge in [-0.1, -0.05) is 6.92 Å². The van der Waals surface area contributed by atoms with E-state index >= 15 is 0 Å². The van der Waals surface area contributed by atoms with E-state index in [4.69, 9.17) is 5.73 Å². The Morgan fingerprint density at radius 2 is 2.00 bits per heavy atom. The van der Waals surface area contributed by atoms with E-state index in [9.17, 15) is 9.59 Å². The summed E-state index contributed by atoms with van der Waals surface area (Å²) in [5.74, 6) is -0.339. The van der Waals surface area contributed by atoms with Crippen LogP contribution in [0.2, 0.25) is 0 Å². The molecule has 0 radical (unpaired) electrons. The first kappa shape index (κ1) is 12.9. The van der Waals surface area contributed by atoms with Gasteiger partial charge in [0, 0.05) is 32.0 Å². The van der Waals surface area contributed by atoms with Gasteiger partial charge in [-0.05, 0) is 6.92 Å². The van der Waals surface area contributed by atoms with Gasteiger partial charge < -0.3 is 16.4 Å². The zero-order valence-electron chi connectivity index (χ0n) is 8.80. The Labute approximate surface area is 84.4 Å². The topological polar surface area (TPSA) is 84.2 Å². The van der Waals surface area contributed by atoms with Crippen molar-refractivity contribution in [3.63, 3.8) is 0 Å². The van der Waals surface area contributed by atoms with Crippen LogP contribution in [0.1, 0.15) is 20.3 Å². The van der Waals surface area contributed by atoms with E-state index in [1.165, 1.54) is 0 Å². The molecule has 0 rings (SSSR count). The Kier molecular flexibility index (Phi) is 6.74. The van der Waals surface area contributed by atoms with Crippen molar-refractivity contribution < 1.29 is 9.59 Å². The van der Waals surface area contributed by atoms with Gasteiger partial charge in [0.25, 0.3) is 0 Å². The maximum Gasteiger partial charge on any atom is 0.224 e. The summed E-state index contributed by atoms with van der Waals surface area (Å²) in [4.78, 5) is 22.2. The van der Waals surface area contributed by atoms with Crippen LogP contribution < -0.4 is 16.4 Å². The molecule has 0 aliphatic rings. The largest absolute Gasteiger partial charge is 0.356 e. The van der Waals surface area contributed by atoms with Crippen LogP contribution in [-0.2, 0) is 9.59 Å². The average molecular weight is 201 g/mol. The minimum atomic E-state index is -0.191. The molecule has 0 saturated carbocycles. The van der Waals surface area contributed by atoms with E-state index in [-0.39, 0.29) is 17.7 Å². The molecule has 0 aromatic heterocycles. The van der Waals surface area contributed by atoms with Gasteiger partial charge in [-0.2, -0.15) is 0 Å². The molecule has 4 N–H and O–H groups in total. The van der Waals surface area contributed by atoms with Gasteiger partial charge in [-0.3, -0.25) is 9.59 Å². The number of nitrogens with one attached hydrogen (secondary N) is 2.